The molecule has 2 rings (SSSR count). The average molecular weight is 280 g/mol. The second kappa shape index (κ2) is 5.32. The molecule has 0 aliphatic heterocycles. The van der Waals surface area contributed by atoms with Crippen molar-refractivity contribution in [2.75, 3.05) is 6.54 Å². The maximum atomic E-state index is 5.74. The average Bonchev–Trinajstić information content (AvgIpc) is 2.76. The van der Waals surface area contributed by atoms with Gasteiger partial charge in [0.2, 0.25) is 0 Å². The van der Waals surface area contributed by atoms with Crippen molar-refractivity contribution in [2.24, 2.45) is 5.73 Å². The molecule has 0 radical (unpaired) electrons. The van der Waals surface area contributed by atoms with E-state index in [-0.39, 0.29) is 0 Å². The van der Waals surface area contributed by atoms with Crippen LogP contribution in [0.4, 0.5) is 0 Å². The van der Waals surface area contributed by atoms with Crippen molar-refractivity contribution in [3.63, 3.8) is 0 Å². The molecular weight excluding hydrogens is 266 g/mol. The quantitative estimate of drug-likeness (QED) is 0.929. The van der Waals surface area contributed by atoms with Crippen molar-refractivity contribution in [1.82, 2.24) is 0 Å². The first-order valence-corrected chi connectivity index (χ1v) is 6.13. The summed E-state index contributed by atoms with van der Waals surface area (Å²) < 4.78 is 6.82. The molecule has 2 nitrogen and oxygen atoms in total. The molecule has 0 aliphatic carbocycles. The first-order valence-electron chi connectivity index (χ1n) is 5.34. The first-order chi connectivity index (χ1) is 7.79. The summed E-state index contributed by atoms with van der Waals surface area (Å²) in [5.74, 6) is 1.92. The Morgan fingerprint density at radius 3 is 2.50 bits per heavy atom. The van der Waals surface area contributed by atoms with Crippen LogP contribution in [0.2, 0.25) is 0 Å². The molecule has 0 atom stereocenters. The maximum absolute atomic E-state index is 5.74. The van der Waals surface area contributed by atoms with Crippen molar-refractivity contribution < 1.29 is 4.42 Å². The van der Waals surface area contributed by atoms with Gasteiger partial charge in [0.05, 0.1) is 0 Å². The Labute approximate surface area is 104 Å². The van der Waals surface area contributed by atoms with E-state index in [1.807, 2.05) is 36.4 Å². The summed E-state index contributed by atoms with van der Waals surface area (Å²) in [7, 11) is 0. The Kier molecular flexibility index (Phi) is 3.80. The second-order valence-corrected chi connectivity index (χ2v) is 4.58. The van der Waals surface area contributed by atoms with Crippen molar-refractivity contribution >= 4 is 15.9 Å². The van der Waals surface area contributed by atoms with Crippen LogP contribution < -0.4 is 5.73 Å². The van der Waals surface area contributed by atoms with E-state index in [0.29, 0.717) is 6.54 Å². The minimum absolute atomic E-state index is 0.703. The molecule has 0 bridgehead atoms. The Bertz CT molecular complexity index is 447. The highest BCUT2D eigenvalue weighted by molar-refractivity contribution is 9.10. The zero-order chi connectivity index (χ0) is 11.4. The fraction of sp³-hybridized carbons (Fsp3) is 0.231. The summed E-state index contributed by atoms with van der Waals surface area (Å²) in [5.41, 5.74) is 6.56. The highest BCUT2D eigenvalue weighted by Crippen LogP contribution is 2.24. The molecule has 0 saturated carbocycles. The lowest BCUT2D eigenvalue weighted by atomic mass is 10.2. The van der Waals surface area contributed by atoms with Gasteiger partial charge in [-0.3, -0.25) is 0 Å². The third kappa shape index (κ3) is 2.74. The van der Waals surface area contributed by atoms with Crippen molar-refractivity contribution in [1.29, 1.82) is 0 Å². The molecule has 3 heteroatoms. The number of hydrogen-bond acceptors (Lipinski definition) is 2. The summed E-state index contributed by atoms with van der Waals surface area (Å²) in [5, 5.41) is 0. The third-order valence-corrected chi connectivity index (χ3v) is 2.95. The molecule has 0 unspecified atom stereocenters. The van der Waals surface area contributed by atoms with Gasteiger partial charge in [0, 0.05) is 16.5 Å². The van der Waals surface area contributed by atoms with Crippen molar-refractivity contribution in [3.05, 3.63) is 46.6 Å². The van der Waals surface area contributed by atoms with Crippen LogP contribution in [0.3, 0.4) is 0 Å². The second-order valence-electron chi connectivity index (χ2n) is 3.67. The van der Waals surface area contributed by atoms with E-state index in [1.165, 1.54) is 0 Å². The van der Waals surface area contributed by atoms with Crippen LogP contribution in [-0.4, -0.2) is 6.54 Å². The van der Waals surface area contributed by atoms with Gasteiger partial charge in [-0.1, -0.05) is 28.1 Å². The molecule has 84 valence electrons. The smallest absolute Gasteiger partial charge is 0.134 e. The minimum Gasteiger partial charge on any atom is -0.461 e. The standard InChI is InChI=1S/C13H14BrNO/c14-11-5-3-10(4-6-11)13-8-7-12(16-13)2-1-9-15/h3-8H,1-2,9,15H2. The molecule has 1 heterocycles. The van der Waals surface area contributed by atoms with Gasteiger partial charge in [0.25, 0.3) is 0 Å². The van der Waals surface area contributed by atoms with Crippen LogP contribution in [-0.2, 0) is 6.42 Å². The zero-order valence-corrected chi connectivity index (χ0v) is 10.5. The van der Waals surface area contributed by atoms with E-state index in [9.17, 15) is 0 Å². The van der Waals surface area contributed by atoms with Crippen LogP contribution >= 0.6 is 15.9 Å². The summed E-state index contributed by atoms with van der Waals surface area (Å²) in [6.07, 6.45) is 1.88. The van der Waals surface area contributed by atoms with E-state index in [2.05, 4.69) is 15.9 Å². The maximum Gasteiger partial charge on any atom is 0.134 e. The topological polar surface area (TPSA) is 39.2 Å². The van der Waals surface area contributed by atoms with E-state index in [4.69, 9.17) is 10.2 Å². The van der Waals surface area contributed by atoms with Gasteiger partial charge in [0.1, 0.15) is 11.5 Å². The van der Waals surface area contributed by atoms with Crippen LogP contribution in [0.15, 0.2) is 45.3 Å². The molecule has 0 saturated heterocycles. The number of benzene rings is 1. The van der Waals surface area contributed by atoms with Crippen molar-refractivity contribution in [2.45, 2.75) is 12.8 Å². The number of rotatable bonds is 4. The van der Waals surface area contributed by atoms with Crippen LogP contribution in [0.1, 0.15) is 12.2 Å². The molecule has 0 fully saturated rings. The highest BCUT2D eigenvalue weighted by Gasteiger charge is 2.04. The zero-order valence-electron chi connectivity index (χ0n) is 8.95. The Morgan fingerprint density at radius 2 is 1.81 bits per heavy atom. The van der Waals surface area contributed by atoms with Crippen LogP contribution in [0, 0.1) is 0 Å². The first kappa shape index (κ1) is 11.4. The monoisotopic (exact) mass is 279 g/mol. The summed E-state index contributed by atoms with van der Waals surface area (Å²) in [4.78, 5) is 0. The fourth-order valence-corrected chi connectivity index (χ4v) is 1.82. The summed E-state index contributed by atoms with van der Waals surface area (Å²) >= 11 is 3.41. The van der Waals surface area contributed by atoms with Crippen molar-refractivity contribution in [3.8, 4) is 11.3 Å². The highest BCUT2D eigenvalue weighted by atomic mass is 79.9. The SMILES string of the molecule is NCCCc1ccc(-c2ccc(Br)cc2)o1. The van der Waals surface area contributed by atoms with Crippen LogP contribution in [0.25, 0.3) is 11.3 Å². The third-order valence-electron chi connectivity index (χ3n) is 2.42. The Hall–Kier alpha value is -1.06. The van der Waals surface area contributed by atoms with Gasteiger partial charge < -0.3 is 10.2 Å². The lowest BCUT2D eigenvalue weighted by Gasteiger charge is -1.97. The van der Waals surface area contributed by atoms with E-state index in [1.54, 1.807) is 0 Å². The largest absolute Gasteiger partial charge is 0.461 e. The molecule has 16 heavy (non-hydrogen) atoms. The normalized spacial score (nSPS) is 10.6. The van der Waals surface area contributed by atoms with E-state index in [0.717, 1.165) is 34.4 Å². The Morgan fingerprint density at radius 1 is 1.06 bits per heavy atom. The molecule has 1 aromatic carbocycles. The predicted molar refractivity (Wildman–Crippen MR) is 69.2 cm³/mol. The number of halogens is 1. The molecule has 0 spiro atoms. The number of aryl methyl sites for hydroxylation is 1. The Balaban J connectivity index is 2.15. The molecule has 2 aromatic rings. The van der Waals surface area contributed by atoms with Gasteiger partial charge >= 0.3 is 0 Å². The van der Waals surface area contributed by atoms with Gasteiger partial charge in [0.15, 0.2) is 0 Å². The van der Waals surface area contributed by atoms with Gasteiger partial charge in [-0.15, -0.1) is 0 Å². The number of furan rings is 1. The van der Waals surface area contributed by atoms with E-state index < -0.39 is 0 Å². The summed E-state index contributed by atoms with van der Waals surface area (Å²) in [6.45, 7) is 0.703. The lowest BCUT2D eigenvalue weighted by Crippen LogP contribution is -1.99. The number of hydrogen-bond donors (Lipinski definition) is 1. The predicted octanol–water partition coefficient (Wildman–Crippen LogP) is 3.60. The molecule has 2 N–H and O–H groups in total. The fourth-order valence-electron chi connectivity index (χ4n) is 1.56. The van der Waals surface area contributed by atoms with E-state index >= 15 is 0 Å². The molecule has 0 aliphatic rings. The molecule has 1 aromatic heterocycles. The number of nitrogens with two attached hydrogens (primary N) is 1. The molecule has 0 amide bonds. The molecular formula is C13H14BrNO. The lowest BCUT2D eigenvalue weighted by molar-refractivity contribution is 0.515. The van der Waals surface area contributed by atoms with Gasteiger partial charge in [-0.25, -0.2) is 0 Å². The van der Waals surface area contributed by atoms with Gasteiger partial charge in [-0.2, -0.15) is 0 Å². The summed E-state index contributed by atoms with van der Waals surface area (Å²) in [6, 6.07) is 12.1. The van der Waals surface area contributed by atoms with Crippen LogP contribution in [0.5, 0.6) is 0 Å². The minimum atomic E-state index is 0.703. The van der Waals surface area contributed by atoms with Gasteiger partial charge in [-0.05, 0) is 37.2 Å².